The van der Waals surface area contributed by atoms with E-state index in [-0.39, 0.29) is 16.9 Å². The zero-order valence-corrected chi connectivity index (χ0v) is 18.6. The molecule has 0 bridgehead atoms. The van der Waals surface area contributed by atoms with E-state index in [9.17, 15) is 15.0 Å². The van der Waals surface area contributed by atoms with E-state index in [1.807, 2.05) is 39.8 Å². The van der Waals surface area contributed by atoms with E-state index in [0.717, 1.165) is 11.1 Å². The molecule has 0 radical (unpaired) electrons. The van der Waals surface area contributed by atoms with E-state index in [2.05, 4.69) is 0 Å². The second-order valence-corrected chi connectivity index (χ2v) is 8.04. The molecule has 2 aromatic carbocycles. The lowest BCUT2D eigenvalue weighted by molar-refractivity contribution is 0.403. The molecule has 162 valence electrons. The molecule has 5 heteroatoms. The molecule has 0 unspecified atom stereocenters. The standard InChI is InChI=1S/C26H28O5/c1-15(2)6-12-19-23(28)20(13-7-16(3)4)26-22(25(19)30-5)24(29)21(14-31-26)17-8-10-18(27)11-9-17/h6-11,14,27-28H,12-13H2,1-5H3. The molecule has 0 aliphatic heterocycles. The van der Waals surface area contributed by atoms with Gasteiger partial charge in [0.2, 0.25) is 5.43 Å². The Labute approximate surface area is 181 Å². The summed E-state index contributed by atoms with van der Waals surface area (Å²) in [7, 11) is 1.49. The minimum atomic E-state index is -0.249. The van der Waals surface area contributed by atoms with Crippen molar-refractivity contribution in [3.05, 3.63) is 75.2 Å². The zero-order valence-electron chi connectivity index (χ0n) is 18.6. The summed E-state index contributed by atoms with van der Waals surface area (Å²) in [6.07, 6.45) is 6.23. The Morgan fingerprint density at radius 2 is 1.55 bits per heavy atom. The summed E-state index contributed by atoms with van der Waals surface area (Å²) in [6.45, 7) is 7.91. The number of allylic oxidation sites excluding steroid dienone is 4. The van der Waals surface area contributed by atoms with E-state index < -0.39 is 0 Å². The molecule has 0 saturated heterocycles. The van der Waals surface area contributed by atoms with E-state index in [0.29, 0.717) is 51.8 Å². The molecule has 1 aromatic heterocycles. The lowest BCUT2D eigenvalue weighted by Crippen LogP contribution is -2.10. The Bertz CT molecular complexity index is 1220. The lowest BCUT2D eigenvalue weighted by atomic mass is 9.95. The second-order valence-electron chi connectivity index (χ2n) is 8.04. The minimum absolute atomic E-state index is 0.0832. The van der Waals surface area contributed by atoms with Gasteiger partial charge in [-0.3, -0.25) is 4.79 Å². The maximum absolute atomic E-state index is 13.6. The largest absolute Gasteiger partial charge is 0.508 e. The fourth-order valence-electron chi connectivity index (χ4n) is 3.50. The molecular weight excluding hydrogens is 392 g/mol. The molecule has 0 aliphatic rings. The molecular formula is C26H28O5. The van der Waals surface area contributed by atoms with Crippen LogP contribution in [0.25, 0.3) is 22.1 Å². The van der Waals surface area contributed by atoms with Crippen LogP contribution in [0, 0.1) is 0 Å². The van der Waals surface area contributed by atoms with Crippen molar-refractivity contribution in [1.82, 2.24) is 0 Å². The Morgan fingerprint density at radius 3 is 2.10 bits per heavy atom. The number of hydrogen-bond donors (Lipinski definition) is 2. The molecule has 0 saturated carbocycles. The molecule has 0 atom stereocenters. The van der Waals surface area contributed by atoms with Crippen molar-refractivity contribution in [1.29, 1.82) is 0 Å². The van der Waals surface area contributed by atoms with E-state index in [4.69, 9.17) is 9.15 Å². The predicted octanol–water partition coefficient (Wildman–Crippen LogP) is 5.90. The van der Waals surface area contributed by atoms with Crippen LogP contribution in [0.1, 0.15) is 38.8 Å². The Hall–Kier alpha value is -3.47. The third-order valence-corrected chi connectivity index (χ3v) is 5.15. The van der Waals surface area contributed by atoms with E-state index in [1.54, 1.807) is 12.1 Å². The first-order valence-electron chi connectivity index (χ1n) is 10.2. The summed E-state index contributed by atoms with van der Waals surface area (Å²) >= 11 is 0. The van der Waals surface area contributed by atoms with Crippen molar-refractivity contribution >= 4 is 11.0 Å². The quantitative estimate of drug-likeness (QED) is 0.486. The lowest BCUT2D eigenvalue weighted by Gasteiger charge is -2.17. The monoisotopic (exact) mass is 420 g/mol. The molecule has 1 heterocycles. The molecule has 0 fully saturated rings. The third kappa shape index (κ3) is 4.50. The Morgan fingerprint density at radius 1 is 0.968 bits per heavy atom. The number of phenolic OH excluding ortho intramolecular Hbond substituents is 2. The van der Waals surface area contributed by atoms with Gasteiger partial charge in [-0.25, -0.2) is 0 Å². The first-order chi connectivity index (χ1) is 14.7. The Balaban J connectivity index is 2.40. The molecule has 0 aliphatic carbocycles. The molecule has 3 rings (SSSR count). The van der Waals surface area contributed by atoms with Crippen LogP contribution in [-0.2, 0) is 12.8 Å². The van der Waals surface area contributed by atoms with Crippen LogP contribution >= 0.6 is 0 Å². The van der Waals surface area contributed by atoms with Crippen LogP contribution in [0.5, 0.6) is 17.2 Å². The highest BCUT2D eigenvalue weighted by Crippen LogP contribution is 2.41. The number of benzene rings is 2. The van der Waals surface area contributed by atoms with E-state index >= 15 is 0 Å². The average Bonchev–Trinajstić information content (AvgIpc) is 2.72. The molecule has 31 heavy (non-hydrogen) atoms. The fraction of sp³-hybridized carbons (Fsp3) is 0.269. The minimum Gasteiger partial charge on any atom is -0.508 e. The van der Waals surface area contributed by atoms with Crippen molar-refractivity contribution in [2.24, 2.45) is 0 Å². The Kier molecular flexibility index (Phi) is 6.54. The van der Waals surface area contributed by atoms with Crippen molar-refractivity contribution in [2.45, 2.75) is 40.5 Å². The first kappa shape index (κ1) is 22.2. The summed E-state index contributed by atoms with van der Waals surface area (Å²) < 4.78 is 11.6. The summed E-state index contributed by atoms with van der Waals surface area (Å²) in [5.41, 5.74) is 4.36. The van der Waals surface area contributed by atoms with Gasteiger partial charge in [0.15, 0.2) is 0 Å². The first-order valence-corrected chi connectivity index (χ1v) is 10.2. The van der Waals surface area contributed by atoms with Crippen LogP contribution in [-0.4, -0.2) is 17.3 Å². The van der Waals surface area contributed by atoms with Crippen molar-refractivity contribution in [3.8, 4) is 28.4 Å². The van der Waals surface area contributed by atoms with Gasteiger partial charge in [0, 0.05) is 11.1 Å². The summed E-state index contributed by atoms with van der Waals surface area (Å²) in [4.78, 5) is 13.6. The average molecular weight is 421 g/mol. The topological polar surface area (TPSA) is 79.9 Å². The van der Waals surface area contributed by atoms with Crippen LogP contribution in [0.2, 0.25) is 0 Å². The van der Waals surface area contributed by atoms with Gasteiger partial charge in [-0.05, 0) is 58.2 Å². The van der Waals surface area contributed by atoms with Gasteiger partial charge in [0.1, 0.15) is 34.5 Å². The number of aromatic hydroxyl groups is 2. The summed E-state index contributed by atoms with van der Waals surface area (Å²) in [5, 5.41) is 21.0. The molecule has 5 nitrogen and oxygen atoms in total. The molecule has 0 amide bonds. The van der Waals surface area contributed by atoms with E-state index in [1.165, 1.54) is 25.5 Å². The number of ether oxygens (including phenoxy) is 1. The highest BCUT2D eigenvalue weighted by Gasteiger charge is 2.24. The van der Waals surface area contributed by atoms with Crippen LogP contribution in [0.4, 0.5) is 0 Å². The fourth-order valence-corrected chi connectivity index (χ4v) is 3.50. The number of phenols is 2. The van der Waals surface area contributed by atoms with Gasteiger partial charge < -0.3 is 19.4 Å². The van der Waals surface area contributed by atoms with Gasteiger partial charge in [-0.2, -0.15) is 0 Å². The summed E-state index contributed by atoms with van der Waals surface area (Å²) in [5.74, 6) is 0.518. The van der Waals surface area contributed by atoms with Gasteiger partial charge in [0.25, 0.3) is 0 Å². The third-order valence-electron chi connectivity index (χ3n) is 5.15. The van der Waals surface area contributed by atoms with Gasteiger partial charge in [0.05, 0.1) is 12.7 Å². The molecule has 0 spiro atoms. The highest BCUT2D eigenvalue weighted by atomic mass is 16.5. The zero-order chi connectivity index (χ0) is 22.7. The van der Waals surface area contributed by atoms with Crippen molar-refractivity contribution in [3.63, 3.8) is 0 Å². The van der Waals surface area contributed by atoms with Gasteiger partial charge in [-0.15, -0.1) is 0 Å². The van der Waals surface area contributed by atoms with Crippen LogP contribution < -0.4 is 10.2 Å². The number of methoxy groups -OCH3 is 1. The molecule has 3 aromatic rings. The number of hydrogen-bond acceptors (Lipinski definition) is 5. The number of rotatable bonds is 6. The van der Waals surface area contributed by atoms with Gasteiger partial charge in [-0.1, -0.05) is 35.4 Å². The smallest absolute Gasteiger partial charge is 0.204 e. The summed E-state index contributed by atoms with van der Waals surface area (Å²) in [6, 6.07) is 6.37. The van der Waals surface area contributed by atoms with Crippen LogP contribution in [0.3, 0.4) is 0 Å². The predicted molar refractivity (Wildman–Crippen MR) is 124 cm³/mol. The molecule has 2 N–H and O–H groups in total. The maximum atomic E-state index is 13.6. The van der Waals surface area contributed by atoms with Crippen molar-refractivity contribution < 1.29 is 19.4 Å². The van der Waals surface area contributed by atoms with Gasteiger partial charge >= 0.3 is 0 Å². The highest BCUT2D eigenvalue weighted by molar-refractivity contribution is 5.93. The van der Waals surface area contributed by atoms with Crippen LogP contribution in [0.15, 0.2) is 63.0 Å². The normalized spacial score (nSPS) is 10.7. The maximum Gasteiger partial charge on any atom is 0.204 e. The second kappa shape index (κ2) is 9.13. The SMILES string of the molecule is COc1c(CC=C(C)C)c(O)c(CC=C(C)C)c2occ(-c3ccc(O)cc3)c(=O)c12. The van der Waals surface area contributed by atoms with Crippen molar-refractivity contribution in [2.75, 3.05) is 7.11 Å². The number of fused-ring (bicyclic) bond motifs is 1.